The number of carbonyl (C=O) groups is 2. The maximum absolute atomic E-state index is 13.0. The second-order valence-electron chi connectivity index (χ2n) is 6.72. The molecule has 2 aromatic rings. The van der Waals surface area contributed by atoms with Crippen molar-refractivity contribution in [2.24, 2.45) is 5.92 Å². The van der Waals surface area contributed by atoms with Gasteiger partial charge in [-0.1, -0.05) is 31.7 Å². The van der Waals surface area contributed by atoms with Gasteiger partial charge in [-0.05, 0) is 31.0 Å². The van der Waals surface area contributed by atoms with Gasteiger partial charge in [-0.25, -0.2) is 9.78 Å². The van der Waals surface area contributed by atoms with E-state index in [1.165, 1.54) is 24.9 Å². The number of esters is 1. The minimum absolute atomic E-state index is 0.168. The van der Waals surface area contributed by atoms with E-state index in [1.807, 2.05) is 13.8 Å². The molecule has 0 unspecified atom stereocenters. The van der Waals surface area contributed by atoms with Crippen LogP contribution in [-0.4, -0.2) is 40.3 Å². The number of nitrogens with zero attached hydrogens (tertiary/aromatic N) is 2. The summed E-state index contributed by atoms with van der Waals surface area (Å²) in [6.07, 6.45) is 1.60. The van der Waals surface area contributed by atoms with Crippen molar-refractivity contribution in [3.05, 3.63) is 46.8 Å². The summed E-state index contributed by atoms with van der Waals surface area (Å²) in [5, 5.41) is 3.15. The number of methoxy groups -OCH3 is 1. The van der Waals surface area contributed by atoms with Gasteiger partial charge in [-0.2, -0.15) is 0 Å². The molecule has 7 nitrogen and oxygen atoms in total. The van der Waals surface area contributed by atoms with E-state index in [0.717, 1.165) is 0 Å². The summed E-state index contributed by atoms with van der Waals surface area (Å²) in [6, 6.07) is 4.67. The Balaban J connectivity index is 2.53. The van der Waals surface area contributed by atoms with Crippen LogP contribution in [0.4, 0.5) is 0 Å². The predicted molar refractivity (Wildman–Crippen MR) is 111 cm³/mol. The third-order valence-corrected chi connectivity index (χ3v) is 5.05. The Labute approximate surface area is 168 Å². The van der Waals surface area contributed by atoms with Crippen LogP contribution in [0.2, 0.25) is 0 Å². The number of amides is 1. The topological polar surface area (TPSA) is 90.3 Å². The summed E-state index contributed by atoms with van der Waals surface area (Å²) in [7, 11) is 1.30. The Morgan fingerprint density at radius 3 is 2.68 bits per heavy atom. The van der Waals surface area contributed by atoms with Crippen molar-refractivity contribution in [3.63, 3.8) is 0 Å². The number of fused-ring (bicyclic) bond motifs is 1. The quantitative estimate of drug-likeness (QED) is 0.315. The largest absolute Gasteiger partial charge is 0.465 e. The number of aromatic nitrogens is 2. The van der Waals surface area contributed by atoms with Gasteiger partial charge in [0.05, 0.1) is 28.8 Å². The van der Waals surface area contributed by atoms with E-state index >= 15 is 0 Å². The number of benzene rings is 1. The van der Waals surface area contributed by atoms with Gasteiger partial charge >= 0.3 is 5.97 Å². The Morgan fingerprint density at radius 1 is 1.36 bits per heavy atom. The summed E-state index contributed by atoms with van der Waals surface area (Å²) < 4.78 is 6.33. The minimum Gasteiger partial charge on any atom is -0.465 e. The number of ether oxygens (including phenoxy) is 1. The molecule has 1 aromatic carbocycles. The predicted octanol–water partition coefficient (Wildman–Crippen LogP) is 2.62. The van der Waals surface area contributed by atoms with Crippen molar-refractivity contribution in [2.75, 3.05) is 13.7 Å². The van der Waals surface area contributed by atoms with Gasteiger partial charge in [0, 0.05) is 13.1 Å². The van der Waals surface area contributed by atoms with Gasteiger partial charge in [0.2, 0.25) is 5.91 Å². The Bertz CT molecular complexity index is 952. The third-order valence-electron chi connectivity index (χ3n) is 3.96. The van der Waals surface area contributed by atoms with E-state index in [-0.39, 0.29) is 17.4 Å². The number of hydrogen-bond acceptors (Lipinski definition) is 6. The number of rotatable bonds is 8. The van der Waals surface area contributed by atoms with Crippen LogP contribution < -0.4 is 10.9 Å². The summed E-state index contributed by atoms with van der Waals surface area (Å²) >= 11 is 1.21. The van der Waals surface area contributed by atoms with E-state index in [2.05, 4.69) is 16.9 Å². The van der Waals surface area contributed by atoms with Crippen molar-refractivity contribution in [2.45, 2.75) is 37.7 Å². The molecule has 1 amide bonds. The van der Waals surface area contributed by atoms with Crippen LogP contribution in [0.3, 0.4) is 0 Å². The molecule has 1 aromatic heterocycles. The van der Waals surface area contributed by atoms with Crippen LogP contribution >= 0.6 is 11.8 Å². The van der Waals surface area contributed by atoms with E-state index < -0.39 is 11.2 Å². The molecule has 0 spiro atoms. The van der Waals surface area contributed by atoms with E-state index in [1.54, 1.807) is 29.7 Å². The molecule has 0 aliphatic heterocycles. The molecule has 0 saturated heterocycles. The van der Waals surface area contributed by atoms with E-state index in [0.29, 0.717) is 34.7 Å². The molecular weight excluding hydrogens is 378 g/mol. The van der Waals surface area contributed by atoms with Gasteiger partial charge < -0.3 is 10.1 Å². The van der Waals surface area contributed by atoms with Crippen LogP contribution in [0.25, 0.3) is 10.9 Å². The highest BCUT2D eigenvalue weighted by atomic mass is 32.2. The maximum Gasteiger partial charge on any atom is 0.337 e. The second kappa shape index (κ2) is 9.54. The van der Waals surface area contributed by atoms with Crippen molar-refractivity contribution in [1.82, 2.24) is 14.9 Å². The number of thioether (sulfide) groups is 1. The molecule has 1 heterocycles. The number of carbonyl (C=O) groups excluding carboxylic acids is 2. The monoisotopic (exact) mass is 403 g/mol. The zero-order valence-electron chi connectivity index (χ0n) is 16.5. The standard InChI is InChI=1S/C20H25N3O4S/c1-6-9-21-17(24)13(4)28-20-22-16-10-14(19(26)27-5)7-8-15(16)18(25)23(20)11-12(2)3/h6-8,10,12-13H,1,9,11H2,2-5H3,(H,21,24)/t13-/m0/s1. The molecule has 0 aliphatic rings. The summed E-state index contributed by atoms with van der Waals surface area (Å²) in [4.78, 5) is 41.6. The van der Waals surface area contributed by atoms with Gasteiger partial charge in [-0.3, -0.25) is 14.2 Å². The lowest BCUT2D eigenvalue weighted by Gasteiger charge is -2.17. The van der Waals surface area contributed by atoms with Crippen LogP contribution in [0.15, 0.2) is 40.8 Å². The molecule has 150 valence electrons. The van der Waals surface area contributed by atoms with Gasteiger partial charge in [0.15, 0.2) is 5.16 Å². The lowest BCUT2D eigenvalue weighted by molar-refractivity contribution is -0.120. The SMILES string of the molecule is C=CCNC(=O)[C@H](C)Sc1nc2cc(C(=O)OC)ccc2c(=O)n1CC(C)C. The molecule has 0 saturated carbocycles. The first-order valence-electron chi connectivity index (χ1n) is 8.96. The smallest absolute Gasteiger partial charge is 0.337 e. The maximum atomic E-state index is 13.0. The summed E-state index contributed by atoms with van der Waals surface area (Å²) in [5.74, 6) is -0.448. The number of hydrogen-bond donors (Lipinski definition) is 1. The zero-order valence-corrected chi connectivity index (χ0v) is 17.3. The first kappa shape index (κ1) is 21.7. The van der Waals surface area contributed by atoms with Crippen molar-refractivity contribution in [1.29, 1.82) is 0 Å². The van der Waals surface area contributed by atoms with E-state index in [9.17, 15) is 14.4 Å². The zero-order chi connectivity index (χ0) is 20.8. The first-order valence-corrected chi connectivity index (χ1v) is 9.84. The van der Waals surface area contributed by atoms with Crippen molar-refractivity contribution in [3.8, 4) is 0 Å². The fourth-order valence-corrected chi connectivity index (χ4v) is 3.53. The average molecular weight is 404 g/mol. The van der Waals surface area contributed by atoms with Crippen LogP contribution in [-0.2, 0) is 16.1 Å². The molecule has 8 heteroatoms. The number of nitrogens with one attached hydrogen (secondary N) is 1. The van der Waals surface area contributed by atoms with Crippen molar-refractivity contribution >= 4 is 34.5 Å². The van der Waals surface area contributed by atoms with Crippen LogP contribution in [0.1, 0.15) is 31.1 Å². The Kier molecular flexibility index (Phi) is 7.39. The fraction of sp³-hybridized carbons (Fsp3) is 0.400. The first-order chi connectivity index (χ1) is 13.3. The minimum atomic E-state index is -0.499. The lowest BCUT2D eigenvalue weighted by Crippen LogP contribution is -2.32. The molecule has 28 heavy (non-hydrogen) atoms. The van der Waals surface area contributed by atoms with Crippen molar-refractivity contribution < 1.29 is 14.3 Å². The third kappa shape index (κ3) is 5.01. The molecular formula is C20H25N3O4S. The summed E-state index contributed by atoms with van der Waals surface area (Å²) in [5.41, 5.74) is 0.515. The van der Waals surface area contributed by atoms with Gasteiger partial charge in [0.1, 0.15) is 0 Å². The molecule has 0 fully saturated rings. The highest BCUT2D eigenvalue weighted by molar-refractivity contribution is 8.00. The van der Waals surface area contributed by atoms with E-state index in [4.69, 9.17) is 4.74 Å². The molecule has 0 radical (unpaired) electrons. The molecule has 1 N–H and O–H groups in total. The molecule has 0 bridgehead atoms. The Hall–Kier alpha value is -2.61. The second-order valence-corrected chi connectivity index (χ2v) is 8.03. The normalized spacial score (nSPS) is 12.0. The highest BCUT2D eigenvalue weighted by Gasteiger charge is 2.20. The van der Waals surface area contributed by atoms with Crippen LogP contribution in [0.5, 0.6) is 0 Å². The molecule has 2 rings (SSSR count). The fourth-order valence-electron chi connectivity index (χ4n) is 2.59. The Morgan fingerprint density at radius 2 is 2.07 bits per heavy atom. The lowest BCUT2D eigenvalue weighted by atomic mass is 10.1. The van der Waals surface area contributed by atoms with Gasteiger partial charge in [0.25, 0.3) is 5.56 Å². The van der Waals surface area contributed by atoms with Crippen LogP contribution in [0, 0.1) is 5.92 Å². The summed E-state index contributed by atoms with van der Waals surface area (Å²) in [6.45, 7) is 10.2. The molecule has 1 atom stereocenters. The highest BCUT2D eigenvalue weighted by Crippen LogP contribution is 2.24. The van der Waals surface area contributed by atoms with Gasteiger partial charge in [-0.15, -0.1) is 6.58 Å². The molecule has 0 aliphatic carbocycles. The average Bonchev–Trinajstić information content (AvgIpc) is 2.67.